The first-order chi connectivity index (χ1) is 9.40. The predicted molar refractivity (Wildman–Crippen MR) is 70.7 cm³/mol. The lowest BCUT2D eigenvalue weighted by molar-refractivity contribution is 0.0692. The third-order valence-corrected chi connectivity index (χ3v) is 3.73. The second kappa shape index (κ2) is 5.13. The summed E-state index contributed by atoms with van der Waals surface area (Å²) in [6.07, 6.45) is 1.38. The summed E-state index contributed by atoms with van der Waals surface area (Å²) in [5, 5.41) is 16.1. The quantitative estimate of drug-likeness (QED) is 0.701. The average molecular weight is 294 g/mol. The van der Waals surface area contributed by atoms with Crippen LogP contribution in [0.2, 0.25) is 0 Å². The first kappa shape index (κ1) is 13.7. The molecule has 0 saturated heterocycles. The van der Waals surface area contributed by atoms with Gasteiger partial charge in [-0.1, -0.05) is 0 Å². The lowest BCUT2D eigenvalue weighted by Crippen LogP contribution is -2.18. The lowest BCUT2D eigenvalue weighted by Gasteiger charge is -2.09. The standard InChI is InChI=1S/C11H10N4O4S/c12-7-3-4-8(11(16)17)9(6-7)20(18,19)15-10-2-1-5-13-14-10/h1-6H,12H2,(H,14,15)(H,16,17). The van der Waals surface area contributed by atoms with Crippen LogP contribution >= 0.6 is 0 Å². The van der Waals surface area contributed by atoms with Gasteiger partial charge in [0.2, 0.25) is 0 Å². The molecule has 0 radical (unpaired) electrons. The topological polar surface area (TPSA) is 135 Å². The number of nitrogen functional groups attached to an aromatic ring is 1. The molecule has 0 unspecified atom stereocenters. The van der Waals surface area contributed by atoms with Crippen LogP contribution in [0.25, 0.3) is 0 Å². The SMILES string of the molecule is Nc1ccc(C(=O)O)c(S(=O)(=O)Nc2cccnn2)c1. The van der Waals surface area contributed by atoms with E-state index in [2.05, 4.69) is 14.9 Å². The van der Waals surface area contributed by atoms with Crippen molar-refractivity contribution in [3.05, 3.63) is 42.1 Å². The number of carboxylic acids is 1. The molecule has 8 nitrogen and oxygen atoms in total. The van der Waals surface area contributed by atoms with Crippen LogP contribution in [0.3, 0.4) is 0 Å². The molecule has 104 valence electrons. The number of aromatic nitrogens is 2. The minimum absolute atomic E-state index is 0.0220. The molecule has 4 N–H and O–H groups in total. The third-order valence-electron chi connectivity index (χ3n) is 2.34. The highest BCUT2D eigenvalue weighted by Crippen LogP contribution is 2.21. The maximum atomic E-state index is 12.2. The zero-order valence-corrected chi connectivity index (χ0v) is 10.8. The second-order valence-electron chi connectivity index (χ2n) is 3.78. The molecule has 0 aliphatic rings. The Kier molecular flexibility index (Phi) is 3.53. The van der Waals surface area contributed by atoms with Gasteiger partial charge in [-0.15, -0.1) is 5.10 Å². The molecule has 2 rings (SSSR count). The molecule has 1 aromatic carbocycles. The summed E-state index contributed by atoms with van der Waals surface area (Å²) in [5.74, 6) is -1.39. The minimum Gasteiger partial charge on any atom is -0.478 e. The Hall–Kier alpha value is -2.68. The van der Waals surface area contributed by atoms with Crippen molar-refractivity contribution in [2.75, 3.05) is 10.5 Å². The molecule has 1 aromatic heterocycles. The average Bonchev–Trinajstić information content (AvgIpc) is 2.39. The van der Waals surface area contributed by atoms with Crippen LogP contribution in [-0.2, 0) is 10.0 Å². The maximum Gasteiger partial charge on any atom is 0.337 e. The van der Waals surface area contributed by atoms with Crippen molar-refractivity contribution in [2.24, 2.45) is 0 Å². The molecule has 0 spiro atoms. The summed E-state index contributed by atoms with van der Waals surface area (Å²) < 4.78 is 26.5. The molecule has 1 heterocycles. The van der Waals surface area contributed by atoms with Crippen LogP contribution in [-0.4, -0.2) is 29.7 Å². The van der Waals surface area contributed by atoms with Crippen LogP contribution in [0, 0.1) is 0 Å². The Bertz CT molecular complexity index is 746. The molecule has 2 aromatic rings. The number of hydrogen-bond donors (Lipinski definition) is 3. The van der Waals surface area contributed by atoms with E-state index in [-0.39, 0.29) is 17.1 Å². The fourth-order valence-electron chi connectivity index (χ4n) is 1.49. The molecule has 9 heteroatoms. The largest absolute Gasteiger partial charge is 0.478 e. The number of anilines is 2. The summed E-state index contributed by atoms with van der Waals surface area (Å²) >= 11 is 0. The number of aromatic carboxylic acids is 1. The van der Waals surface area contributed by atoms with Gasteiger partial charge >= 0.3 is 5.97 Å². The molecule has 20 heavy (non-hydrogen) atoms. The summed E-state index contributed by atoms with van der Waals surface area (Å²) in [5.41, 5.74) is 5.26. The van der Waals surface area contributed by atoms with Crippen molar-refractivity contribution >= 4 is 27.5 Å². The molecule has 0 atom stereocenters. The van der Waals surface area contributed by atoms with Crippen molar-refractivity contribution < 1.29 is 18.3 Å². The van der Waals surface area contributed by atoms with Crippen molar-refractivity contribution in [2.45, 2.75) is 4.90 Å². The Labute approximate surface area is 114 Å². The highest BCUT2D eigenvalue weighted by atomic mass is 32.2. The summed E-state index contributed by atoms with van der Waals surface area (Å²) in [4.78, 5) is 10.6. The van der Waals surface area contributed by atoms with E-state index < -0.39 is 20.9 Å². The zero-order valence-electron chi connectivity index (χ0n) is 10.0. The first-order valence-electron chi connectivity index (χ1n) is 5.33. The van der Waals surface area contributed by atoms with Gasteiger partial charge in [0.25, 0.3) is 10.0 Å². The first-order valence-corrected chi connectivity index (χ1v) is 6.82. The van der Waals surface area contributed by atoms with Crippen LogP contribution in [0.5, 0.6) is 0 Å². The fourth-order valence-corrected chi connectivity index (χ4v) is 2.72. The highest BCUT2D eigenvalue weighted by Gasteiger charge is 2.23. The van der Waals surface area contributed by atoms with Gasteiger partial charge < -0.3 is 10.8 Å². The van der Waals surface area contributed by atoms with E-state index in [0.29, 0.717) is 0 Å². The van der Waals surface area contributed by atoms with Crippen LogP contribution < -0.4 is 10.5 Å². The molecule has 0 aliphatic carbocycles. The Morgan fingerprint density at radius 1 is 1.30 bits per heavy atom. The highest BCUT2D eigenvalue weighted by molar-refractivity contribution is 7.92. The van der Waals surface area contributed by atoms with Crippen LogP contribution in [0.1, 0.15) is 10.4 Å². The monoisotopic (exact) mass is 294 g/mol. The Balaban J connectivity index is 2.49. The van der Waals surface area contributed by atoms with E-state index in [1.54, 1.807) is 0 Å². The van der Waals surface area contributed by atoms with Gasteiger partial charge in [0, 0.05) is 11.9 Å². The number of sulfonamides is 1. The number of nitrogens with zero attached hydrogens (tertiary/aromatic N) is 2. The number of rotatable bonds is 4. The molecule has 0 amide bonds. The van der Waals surface area contributed by atoms with Gasteiger partial charge in [-0.25, -0.2) is 13.2 Å². The second-order valence-corrected chi connectivity index (χ2v) is 5.43. The summed E-state index contributed by atoms with van der Waals surface area (Å²) in [6, 6.07) is 6.38. The van der Waals surface area contributed by atoms with E-state index in [9.17, 15) is 13.2 Å². The van der Waals surface area contributed by atoms with E-state index in [0.717, 1.165) is 12.1 Å². The number of carbonyl (C=O) groups is 1. The van der Waals surface area contributed by atoms with Gasteiger partial charge in [-0.2, -0.15) is 5.10 Å². The third kappa shape index (κ3) is 2.83. The number of hydrogen-bond acceptors (Lipinski definition) is 6. The predicted octanol–water partition coefficient (Wildman–Crippen LogP) is 0.558. The Morgan fingerprint density at radius 2 is 2.05 bits per heavy atom. The molecule has 0 saturated carbocycles. The smallest absolute Gasteiger partial charge is 0.337 e. The van der Waals surface area contributed by atoms with Gasteiger partial charge in [-0.05, 0) is 30.3 Å². The van der Waals surface area contributed by atoms with Gasteiger partial charge in [0.05, 0.1) is 5.56 Å². The molecule has 0 bridgehead atoms. The number of benzene rings is 1. The van der Waals surface area contributed by atoms with E-state index in [1.165, 1.54) is 24.4 Å². The van der Waals surface area contributed by atoms with Crippen molar-refractivity contribution in [3.63, 3.8) is 0 Å². The van der Waals surface area contributed by atoms with Gasteiger partial charge in [-0.3, -0.25) is 4.72 Å². The minimum atomic E-state index is -4.12. The van der Waals surface area contributed by atoms with E-state index in [4.69, 9.17) is 10.8 Å². The van der Waals surface area contributed by atoms with Gasteiger partial charge in [0.15, 0.2) is 5.82 Å². The van der Waals surface area contributed by atoms with Gasteiger partial charge in [0.1, 0.15) is 4.90 Å². The van der Waals surface area contributed by atoms with Crippen molar-refractivity contribution in [1.29, 1.82) is 0 Å². The Morgan fingerprint density at radius 3 is 2.65 bits per heavy atom. The van der Waals surface area contributed by atoms with Crippen LogP contribution in [0.4, 0.5) is 11.5 Å². The van der Waals surface area contributed by atoms with Crippen molar-refractivity contribution in [1.82, 2.24) is 10.2 Å². The summed E-state index contributed by atoms with van der Waals surface area (Å²) in [6.45, 7) is 0. The molecule has 0 fully saturated rings. The van der Waals surface area contributed by atoms with E-state index >= 15 is 0 Å². The van der Waals surface area contributed by atoms with Crippen molar-refractivity contribution in [3.8, 4) is 0 Å². The van der Waals surface area contributed by atoms with Crippen LogP contribution in [0.15, 0.2) is 41.4 Å². The summed E-state index contributed by atoms with van der Waals surface area (Å²) in [7, 11) is -4.12. The lowest BCUT2D eigenvalue weighted by atomic mass is 10.2. The number of nitrogens with one attached hydrogen (secondary N) is 1. The number of carboxylic acid groups (broad SMARTS) is 1. The fraction of sp³-hybridized carbons (Fsp3) is 0. The number of nitrogens with two attached hydrogens (primary N) is 1. The normalized spacial score (nSPS) is 11.0. The molecular weight excluding hydrogens is 284 g/mol. The zero-order chi connectivity index (χ0) is 14.8. The maximum absolute atomic E-state index is 12.2. The molecule has 0 aliphatic heterocycles. The van der Waals surface area contributed by atoms with E-state index in [1.807, 2.05) is 0 Å². The molecular formula is C11H10N4O4S.